The first kappa shape index (κ1) is 19.8. The third-order valence-electron chi connectivity index (χ3n) is 5.05. The molecule has 0 aromatic carbocycles. The van der Waals surface area contributed by atoms with Gasteiger partial charge in [0, 0.05) is 31.6 Å². The number of aliphatic hydroxyl groups excluding tert-OH is 4. The van der Waals surface area contributed by atoms with Gasteiger partial charge in [0.25, 0.3) is 0 Å². The van der Waals surface area contributed by atoms with E-state index in [-0.39, 0.29) is 19.1 Å². The van der Waals surface area contributed by atoms with Crippen molar-refractivity contribution in [2.45, 2.75) is 37.0 Å². The summed E-state index contributed by atoms with van der Waals surface area (Å²) < 4.78 is 38.1. The second-order valence-corrected chi connectivity index (χ2v) is 7.70. The topological polar surface area (TPSA) is 100 Å². The summed E-state index contributed by atoms with van der Waals surface area (Å²) in [4.78, 5) is 7.19. The van der Waals surface area contributed by atoms with Crippen LogP contribution in [0.1, 0.15) is 12.1 Å². The highest BCUT2D eigenvalue weighted by Gasteiger charge is 2.42. The van der Waals surface area contributed by atoms with E-state index in [4.69, 9.17) is 0 Å². The molecule has 7 nitrogen and oxygen atoms in total. The van der Waals surface area contributed by atoms with Crippen LogP contribution in [0.3, 0.4) is 0 Å². The van der Waals surface area contributed by atoms with Gasteiger partial charge in [0.1, 0.15) is 12.2 Å². The number of likely N-dealkylation sites (tertiary alicyclic amines) is 1. The van der Waals surface area contributed by atoms with Crippen LogP contribution in [0, 0.1) is 5.92 Å². The fraction of sp³-hybridized carbons (Fsp3) is 0.800. The normalized spacial score (nSPS) is 33.8. The summed E-state index contributed by atoms with van der Waals surface area (Å²) in [5, 5.41) is 40.4. The molecule has 0 saturated carbocycles. The van der Waals surface area contributed by atoms with Crippen LogP contribution < -0.4 is 4.90 Å². The smallest absolute Gasteiger partial charge is 0.395 e. The maximum Gasteiger partial charge on any atom is 0.434 e. The Morgan fingerprint density at radius 3 is 2.54 bits per heavy atom. The Hall–Kier alpha value is -0.980. The quantitative estimate of drug-likeness (QED) is 0.556. The molecule has 4 N–H and O–H groups in total. The lowest BCUT2D eigenvalue weighted by atomic mass is 9.93. The molecule has 11 heteroatoms. The number of alkyl halides is 3. The molecular weight excluding hydrogens is 375 g/mol. The molecule has 0 aliphatic carbocycles. The lowest BCUT2D eigenvalue weighted by Crippen LogP contribution is -2.63. The molecule has 0 bridgehead atoms. The van der Waals surface area contributed by atoms with Gasteiger partial charge in [-0.05, 0) is 12.3 Å². The molecule has 0 amide bonds. The standard InChI is InChI=1S/C15H22F3N3O4S/c16-15(17,18)11-7-26-14(19-11)20-2-1-8(3-20)4-21-5-10(23)13(25)12(24)9(21)6-22/h7-10,12-13,22-25H,1-6H2/t8-,9-,10-,12+,13+/m0/s1. The molecule has 2 fully saturated rings. The van der Waals surface area contributed by atoms with Crippen LogP contribution in [0.15, 0.2) is 5.38 Å². The van der Waals surface area contributed by atoms with Gasteiger partial charge >= 0.3 is 6.18 Å². The second-order valence-electron chi connectivity index (χ2n) is 6.87. The Kier molecular flexibility index (Phi) is 5.75. The lowest BCUT2D eigenvalue weighted by Gasteiger charge is -2.44. The van der Waals surface area contributed by atoms with Crippen molar-refractivity contribution in [2.24, 2.45) is 5.92 Å². The monoisotopic (exact) mass is 397 g/mol. The minimum atomic E-state index is -4.46. The Morgan fingerprint density at radius 1 is 1.19 bits per heavy atom. The van der Waals surface area contributed by atoms with Crippen molar-refractivity contribution in [3.8, 4) is 0 Å². The fourth-order valence-electron chi connectivity index (χ4n) is 3.62. The average Bonchev–Trinajstić information content (AvgIpc) is 3.21. The van der Waals surface area contributed by atoms with Gasteiger partial charge < -0.3 is 25.3 Å². The number of aromatic nitrogens is 1. The van der Waals surface area contributed by atoms with Gasteiger partial charge in [-0.3, -0.25) is 4.90 Å². The minimum absolute atomic E-state index is 0.0944. The molecule has 26 heavy (non-hydrogen) atoms. The van der Waals surface area contributed by atoms with E-state index >= 15 is 0 Å². The number of halogens is 3. The minimum Gasteiger partial charge on any atom is -0.395 e. The van der Waals surface area contributed by atoms with Crippen molar-refractivity contribution in [1.82, 2.24) is 9.88 Å². The highest BCUT2D eigenvalue weighted by Crippen LogP contribution is 2.35. The zero-order chi connectivity index (χ0) is 19.1. The number of thiazole rings is 1. The molecule has 2 saturated heterocycles. The van der Waals surface area contributed by atoms with E-state index in [0.717, 1.165) is 23.1 Å². The SMILES string of the molecule is OC[C@H]1[C@@H](O)[C@H](O)[C@@H](O)CN1C[C@H]1CCN(c2nc(C(F)(F)F)cs2)C1. The van der Waals surface area contributed by atoms with E-state index in [1.165, 1.54) is 0 Å². The molecular formula is C15H22F3N3O4S. The van der Waals surface area contributed by atoms with Gasteiger partial charge in [-0.15, -0.1) is 11.3 Å². The molecule has 3 rings (SSSR count). The maximum absolute atomic E-state index is 12.7. The third-order valence-corrected chi connectivity index (χ3v) is 5.95. The van der Waals surface area contributed by atoms with Crippen LogP contribution in [-0.2, 0) is 6.18 Å². The third kappa shape index (κ3) is 3.97. The van der Waals surface area contributed by atoms with Crippen molar-refractivity contribution in [2.75, 3.05) is 37.7 Å². The Bertz CT molecular complexity index is 617. The van der Waals surface area contributed by atoms with Gasteiger partial charge in [0.15, 0.2) is 10.8 Å². The van der Waals surface area contributed by atoms with Crippen molar-refractivity contribution < 1.29 is 33.6 Å². The molecule has 0 spiro atoms. The predicted octanol–water partition coefficient (Wildman–Crippen LogP) is -0.253. The number of piperidine rings is 1. The summed E-state index contributed by atoms with van der Waals surface area (Å²) in [5.74, 6) is 0.0944. The van der Waals surface area contributed by atoms with Crippen LogP contribution >= 0.6 is 11.3 Å². The number of aliphatic hydroxyl groups is 4. The first-order chi connectivity index (χ1) is 12.2. The summed E-state index contributed by atoms with van der Waals surface area (Å²) >= 11 is 0.956. The van der Waals surface area contributed by atoms with Crippen LogP contribution in [0.2, 0.25) is 0 Å². The molecule has 148 valence electrons. The summed E-state index contributed by atoms with van der Waals surface area (Å²) in [6.45, 7) is 1.30. The number of β-amino-alcohol motifs (C(OH)–C–C–N with tert-alkyl or cyclic N) is 1. The number of anilines is 1. The van der Waals surface area contributed by atoms with Gasteiger partial charge in [0.2, 0.25) is 0 Å². The van der Waals surface area contributed by atoms with E-state index in [9.17, 15) is 33.6 Å². The van der Waals surface area contributed by atoms with Crippen molar-refractivity contribution >= 4 is 16.5 Å². The summed E-state index contributed by atoms with van der Waals surface area (Å²) in [7, 11) is 0. The van der Waals surface area contributed by atoms with Gasteiger partial charge in [0.05, 0.1) is 18.8 Å². The molecule has 0 radical (unpaired) electrons. The maximum atomic E-state index is 12.7. The van der Waals surface area contributed by atoms with Crippen LogP contribution in [0.4, 0.5) is 18.3 Å². The predicted molar refractivity (Wildman–Crippen MR) is 87.9 cm³/mol. The zero-order valence-electron chi connectivity index (χ0n) is 13.9. The molecule has 2 aliphatic heterocycles. The van der Waals surface area contributed by atoms with Gasteiger partial charge in [-0.2, -0.15) is 13.2 Å². The fourth-order valence-corrected chi connectivity index (χ4v) is 4.48. The Balaban J connectivity index is 1.61. The van der Waals surface area contributed by atoms with Crippen LogP contribution in [0.25, 0.3) is 0 Å². The van der Waals surface area contributed by atoms with Crippen LogP contribution in [-0.4, -0.2) is 87.4 Å². The van der Waals surface area contributed by atoms with Gasteiger partial charge in [-0.1, -0.05) is 0 Å². The number of hydrogen-bond donors (Lipinski definition) is 4. The zero-order valence-corrected chi connectivity index (χ0v) is 14.7. The first-order valence-electron chi connectivity index (χ1n) is 8.37. The number of rotatable bonds is 4. The van der Waals surface area contributed by atoms with E-state index in [2.05, 4.69) is 4.98 Å². The van der Waals surface area contributed by atoms with Crippen molar-refractivity contribution in [3.63, 3.8) is 0 Å². The van der Waals surface area contributed by atoms with E-state index < -0.39 is 36.2 Å². The highest BCUT2D eigenvalue weighted by atomic mass is 32.1. The Labute approximate surface area is 152 Å². The molecule has 0 unspecified atom stereocenters. The average molecular weight is 397 g/mol. The van der Waals surface area contributed by atoms with E-state index in [1.54, 1.807) is 9.80 Å². The van der Waals surface area contributed by atoms with E-state index in [0.29, 0.717) is 24.8 Å². The summed E-state index contributed by atoms with van der Waals surface area (Å²) in [6, 6.07) is -0.681. The lowest BCUT2D eigenvalue weighted by molar-refractivity contribution is -0.146. The summed E-state index contributed by atoms with van der Waals surface area (Å²) in [6.07, 6.45) is -7.40. The van der Waals surface area contributed by atoms with Crippen molar-refractivity contribution in [3.05, 3.63) is 11.1 Å². The van der Waals surface area contributed by atoms with Crippen molar-refractivity contribution in [1.29, 1.82) is 0 Å². The number of nitrogens with zero attached hydrogens (tertiary/aromatic N) is 3. The molecule has 2 aliphatic rings. The second kappa shape index (κ2) is 7.56. The molecule has 1 aromatic heterocycles. The van der Waals surface area contributed by atoms with E-state index in [1.807, 2.05) is 0 Å². The molecule has 1 aromatic rings. The Morgan fingerprint density at radius 2 is 1.92 bits per heavy atom. The largest absolute Gasteiger partial charge is 0.434 e. The number of hydrogen-bond acceptors (Lipinski definition) is 8. The van der Waals surface area contributed by atoms with Crippen LogP contribution in [0.5, 0.6) is 0 Å². The highest BCUT2D eigenvalue weighted by molar-refractivity contribution is 7.13. The van der Waals surface area contributed by atoms with Gasteiger partial charge in [-0.25, -0.2) is 4.98 Å². The first-order valence-corrected chi connectivity index (χ1v) is 9.25. The molecule has 5 atom stereocenters. The summed E-state index contributed by atoms with van der Waals surface area (Å²) in [5.41, 5.74) is -0.891. The molecule has 3 heterocycles.